The number of aryl methyl sites for hydroxylation is 1. The van der Waals surface area contributed by atoms with E-state index in [0.29, 0.717) is 11.8 Å². The summed E-state index contributed by atoms with van der Waals surface area (Å²) in [5.74, 6) is -0.857. The molecular formula is C14H16N2O3S. The monoisotopic (exact) mass is 292 g/mol. The number of imidazole rings is 1. The van der Waals surface area contributed by atoms with Gasteiger partial charge in [0.05, 0.1) is 12.4 Å². The molecule has 1 aromatic heterocycles. The highest BCUT2D eigenvalue weighted by Gasteiger charge is 2.11. The average molecular weight is 292 g/mol. The number of ether oxygens (including phenoxy) is 1. The molecule has 0 saturated carbocycles. The molecule has 0 unspecified atom stereocenters. The Labute approximate surface area is 121 Å². The minimum atomic E-state index is -0.852. The molecule has 0 spiro atoms. The fraction of sp³-hybridized carbons (Fsp3) is 0.286. The molecule has 2 aromatic rings. The van der Waals surface area contributed by atoms with Crippen molar-refractivity contribution >= 4 is 17.7 Å². The molecule has 5 nitrogen and oxygen atoms in total. The van der Waals surface area contributed by atoms with Crippen molar-refractivity contribution in [1.82, 2.24) is 9.55 Å². The number of rotatable bonds is 6. The Balaban J connectivity index is 2.33. The van der Waals surface area contributed by atoms with Gasteiger partial charge in [-0.25, -0.2) is 4.98 Å². The van der Waals surface area contributed by atoms with Crippen LogP contribution in [0.4, 0.5) is 0 Å². The minimum absolute atomic E-state index is 0.00574. The van der Waals surface area contributed by atoms with Crippen LogP contribution in [0, 0.1) is 6.92 Å². The zero-order valence-electron chi connectivity index (χ0n) is 11.4. The number of nitrogens with zero attached hydrogens (tertiary/aromatic N) is 2. The van der Waals surface area contributed by atoms with Crippen molar-refractivity contribution in [3.8, 4) is 5.69 Å². The predicted octanol–water partition coefficient (Wildman–Crippen LogP) is 2.50. The lowest BCUT2D eigenvalue weighted by atomic mass is 10.2. The minimum Gasteiger partial charge on any atom is -0.481 e. The Bertz CT molecular complexity index is 610. The molecule has 1 aromatic carbocycles. The molecule has 0 aliphatic carbocycles. The third-order valence-electron chi connectivity index (χ3n) is 2.71. The lowest BCUT2D eigenvalue weighted by Crippen LogP contribution is -2.03. The molecular weight excluding hydrogens is 276 g/mol. The maximum absolute atomic E-state index is 10.7. The Morgan fingerprint density at radius 1 is 1.50 bits per heavy atom. The number of aromatic nitrogens is 2. The van der Waals surface area contributed by atoms with Crippen LogP contribution in [-0.4, -0.2) is 33.5 Å². The molecule has 2 rings (SSSR count). The molecule has 0 fully saturated rings. The van der Waals surface area contributed by atoms with E-state index in [4.69, 9.17) is 9.84 Å². The molecule has 0 saturated heterocycles. The molecule has 1 N–H and O–H groups in total. The maximum Gasteiger partial charge on any atom is 0.313 e. The highest BCUT2D eigenvalue weighted by atomic mass is 32.2. The molecule has 0 amide bonds. The highest BCUT2D eigenvalue weighted by Crippen LogP contribution is 2.23. The van der Waals surface area contributed by atoms with E-state index in [1.54, 1.807) is 13.3 Å². The summed E-state index contributed by atoms with van der Waals surface area (Å²) in [7, 11) is 1.66. The van der Waals surface area contributed by atoms with Crippen molar-refractivity contribution in [2.75, 3.05) is 12.9 Å². The van der Waals surface area contributed by atoms with Crippen LogP contribution >= 0.6 is 11.8 Å². The van der Waals surface area contributed by atoms with E-state index in [2.05, 4.69) is 4.98 Å². The van der Waals surface area contributed by atoms with Crippen LogP contribution in [0.15, 0.2) is 35.6 Å². The topological polar surface area (TPSA) is 64.4 Å². The number of aliphatic carboxylic acids is 1. The number of hydrogen-bond acceptors (Lipinski definition) is 4. The van der Waals surface area contributed by atoms with Gasteiger partial charge in [-0.2, -0.15) is 0 Å². The van der Waals surface area contributed by atoms with Crippen LogP contribution in [0.5, 0.6) is 0 Å². The second-order valence-corrected chi connectivity index (χ2v) is 5.25. The van der Waals surface area contributed by atoms with Gasteiger partial charge in [0.2, 0.25) is 0 Å². The van der Waals surface area contributed by atoms with Crippen LogP contribution in [-0.2, 0) is 16.1 Å². The summed E-state index contributed by atoms with van der Waals surface area (Å²) < 4.78 is 7.08. The number of carboxylic acids is 1. The Kier molecular flexibility index (Phi) is 4.81. The maximum atomic E-state index is 10.7. The first-order valence-electron chi connectivity index (χ1n) is 6.09. The third-order valence-corrected chi connectivity index (χ3v) is 3.65. The normalized spacial score (nSPS) is 10.7. The number of hydrogen-bond donors (Lipinski definition) is 1. The molecule has 0 aliphatic heterocycles. The number of benzene rings is 1. The zero-order chi connectivity index (χ0) is 14.5. The van der Waals surface area contributed by atoms with Crippen molar-refractivity contribution in [1.29, 1.82) is 0 Å². The van der Waals surface area contributed by atoms with E-state index in [1.165, 1.54) is 11.8 Å². The van der Waals surface area contributed by atoms with Crippen molar-refractivity contribution in [3.05, 3.63) is 41.7 Å². The summed E-state index contributed by atoms with van der Waals surface area (Å²) in [6.07, 6.45) is 1.74. The van der Waals surface area contributed by atoms with Gasteiger partial charge in [0.25, 0.3) is 0 Å². The van der Waals surface area contributed by atoms with Crippen molar-refractivity contribution in [3.63, 3.8) is 0 Å². The summed E-state index contributed by atoms with van der Waals surface area (Å²) in [5.41, 5.74) is 2.99. The number of carboxylic acid groups (broad SMARTS) is 1. The van der Waals surface area contributed by atoms with Crippen LogP contribution in [0.2, 0.25) is 0 Å². The molecule has 0 aliphatic rings. The van der Waals surface area contributed by atoms with Crippen molar-refractivity contribution in [2.24, 2.45) is 0 Å². The van der Waals surface area contributed by atoms with E-state index in [-0.39, 0.29) is 5.75 Å². The Morgan fingerprint density at radius 3 is 3.00 bits per heavy atom. The number of thioether (sulfide) groups is 1. The van der Waals surface area contributed by atoms with Gasteiger partial charge >= 0.3 is 5.97 Å². The zero-order valence-corrected chi connectivity index (χ0v) is 12.2. The fourth-order valence-corrected chi connectivity index (χ4v) is 2.67. The Morgan fingerprint density at radius 2 is 2.30 bits per heavy atom. The first kappa shape index (κ1) is 14.6. The highest BCUT2D eigenvalue weighted by molar-refractivity contribution is 7.99. The van der Waals surface area contributed by atoms with E-state index >= 15 is 0 Å². The summed E-state index contributed by atoms with van der Waals surface area (Å²) in [6.45, 7) is 2.49. The van der Waals surface area contributed by atoms with E-state index in [0.717, 1.165) is 16.9 Å². The molecule has 6 heteroatoms. The first-order chi connectivity index (χ1) is 9.61. The molecule has 1 heterocycles. The molecule has 0 bridgehead atoms. The van der Waals surface area contributed by atoms with E-state index in [9.17, 15) is 4.79 Å². The lowest BCUT2D eigenvalue weighted by Gasteiger charge is -2.10. The van der Waals surface area contributed by atoms with E-state index < -0.39 is 5.97 Å². The summed E-state index contributed by atoms with van der Waals surface area (Å²) >= 11 is 1.21. The van der Waals surface area contributed by atoms with Crippen LogP contribution in [0.25, 0.3) is 5.69 Å². The summed E-state index contributed by atoms with van der Waals surface area (Å²) in [6, 6.07) is 7.93. The van der Waals surface area contributed by atoms with Gasteiger partial charge in [-0.3, -0.25) is 9.36 Å². The number of methoxy groups -OCH3 is 1. The van der Waals surface area contributed by atoms with Crippen molar-refractivity contribution < 1.29 is 14.6 Å². The second-order valence-electron chi connectivity index (χ2n) is 4.30. The fourth-order valence-electron chi connectivity index (χ4n) is 1.91. The predicted molar refractivity (Wildman–Crippen MR) is 77.4 cm³/mol. The Hall–Kier alpha value is -1.79. The lowest BCUT2D eigenvalue weighted by molar-refractivity contribution is -0.133. The smallest absolute Gasteiger partial charge is 0.313 e. The summed E-state index contributed by atoms with van der Waals surface area (Å²) in [4.78, 5) is 15.0. The average Bonchev–Trinajstić information content (AvgIpc) is 2.78. The second kappa shape index (κ2) is 6.58. The van der Waals surface area contributed by atoms with E-state index in [1.807, 2.05) is 35.8 Å². The first-order valence-corrected chi connectivity index (χ1v) is 7.07. The summed E-state index contributed by atoms with van der Waals surface area (Å²) in [5, 5.41) is 9.46. The van der Waals surface area contributed by atoms with Gasteiger partial charge in [0.1, 0.15) is 0 Å². The molecule has 0 atom stereocenters. The van der Waals surface area contributed by atoms with Gasteiger partial charge in [-0.1, -0.05) is 23.9 Å². The third kappa shape index (κ3) is 3.40. The van der Waals surface area contributed by atoms with Crippen LogP contribution < -0.4 is 0 Å². The van der Waals surface area contributed by atoms with Gasteiger partial charge in [-0.15, -0.1) is 0 Å². The molecule has 0 radical (unpaired) electrons. The van der Waals surface area contributed by atoms with Gasteiger partial charge in [0, 0.05) is 24.7 Å². The van der Waals surface area contributed by atoms with Crippen LogP contribution in [0.1, 0.15) is 11.3 Å². The SMILES string of the molecule is COCc1cccc(-n2c(C)cnc2SCC(=O)O)c1. The van der Waals surface area contributed by atoms with Gasteiger partial charge in [0.15, 0.2) is 5.16 Å². The standard InChI is InChI=1S/C14H16N2O3S/c1-10-7-15-14(20-9-13(17)18)16(10)12-5-3-4-11(6-12)8-19-2/h3-7H,8-9H2,1-2H3,(H,17,18). The molecule has 20 heavy (non-hydrogen) atoms. The quantitative estimate of drug-likeness (QED) is 0.829. The van der Waals surface area contributed by atoms with Gasteiger partial charge in [-0.05, 0) is 24.6 Å². The number of carbonyl (C=O) groups is 1. The van der Waals surface area contributed by atoms with Crippen LogP contribution in [0.3, 0.4) is 0 Å². The van der Waals surface area contributed by atoms with Gasteiger partial charge < -0.3 is 9.84 Å². The van der Waals surface area contributed by atoms with Crippen molar-refractivity contribution in [2.45, 2.75) is 18.7 Å². The molecule has 106 valence electrons. The largest absolute Gasteiger partial charge is 0.481 e.